The average Bonchev–Trinajstić information content (AvgIpc) is 2.61. The highest BCUT2D eigenvalue weighted by Gasteiger charge is 2.36. The van der Waals surface area contributed by atoms with Gasteiger partial charge < -0.3 is 5.32 Å². The molecule has 3 aromatic rings. The van der Waals surface area contributed by atoms with Crippen molar-refractivity contribution in [1.82, 2.24) is 4.98 Å². The first kappa shape index (κ1) is 19.9. The molecule has 0 spiro atoms. The first-order chi connectivity index (χ1) is 13.1. The second kappa shape index (κ2) is 7.26. The lowest BCUT2D eigenvalue weighted by atomic mass is 9.98. The van der Waals surface area contributed by atoms with E-state index < -0.39 is 23.1 Å². The van der Waals surface area contributed by atoms with Crippen molar-refractivity contribution in [3.63, 3.8) is 0 Å². The van der Waals surface area contributed by atoms with Crippen LogP contribution in [0.1, 0.15) is 26.3 Å². The standard InChI is InChI=1S/C22H20F4N2/c1-21(2,3)28-20-18(22(24,25)26)12-15(13-27-20)17-11-7-10-16(19(17)23)14-8-5-4-6-9-14/h4-13H,1-3H3,(H,27,28). The van der Waals surface area contributed by atoms with E-state index in [9.17, 15) is 13.2 Å². The molecule has 1 aromatic heterocycles. The highest BCUT2D eigenvalue weighted by Crippen LogP contribution is 2.38. The summed E-state index contributed by atoms with van der Waals surface area (Å²) >= 11 is 0. The molecule has 0 unspecified atom stereocenters. The summed E-state index contributed by atoms with van der Waals surface area (Å²) in [5.74, 6) is -0.858. The Balaban J connectivity index is 2.12. The van der Waals surface area contributed by atoms with Crippen LogP contribution in [0.25, 0.3) is 22.3 Å². The number of nitrogens with zero attached hydrogens (tertiary/aromatic N) is 1. The Labute approximate surface area is 161 Å². The summed E-state index contributed by atoms with van der Waals surface area (Å²) in [5, 5.41) is 2.76. The van der Waals surface area contributed by atoms with Gasteiger partial charge in [0.1, 0.15) is 11.6 Å². The quantitative estimate of drug-likeness (QED) is 0.500. The van der Waals surface area contributed by atoms with Crippen molar-refractivity contribution in [3.05, 3.63) is 72.2 Å². The number of aromatic nitrogens is 1. The molecule has 0 saturated heterocycles. The van der Waals surface area contributed by atoms with E-state index in [0.717, 1.165) is 6.07 Å². The van der Waals surface area contributed by atoms with E-state index in [-0.39, 0.29) is 16.9 Å². The van der Waals surface area contributed by atoms with Crippen LogP contribution in [-0.2, 0) is 6.18 Å². The van der Waals surface area contributed by atoms with Crippen molar-refractivity contribution in [3.8, 4) is 22.3 Å². The summed E-state index contributed by atoms with van der Waals surface area (Å²) in [6.07, 6.45) is -3.36. The molecule has 28 heavy (non-hydrogen) atoms. The SMILES string of the molecule is CC(C)(C)Nc1ncc(-c2cccc(-c3ccccc3)c2F)cc1C(F)(F)F. The summed E-state index contributed by atoms with van der Waals surface area (Å²) in [6.45, 7) is 5.23. The molecule has 3 rings (SSSR count). The predicted molar refractivity (Wildman–Crippen MR) is 103 cm³/mol. The van der Waals surface area contributed by atoms with Crippen LogP contribution in [0.2, 0.25) is 0 Å². The fourth-order valence-corrected chi connectivity index (χ4v) is 2.88. The number of benzene rings is 2. The number of rotatable bonds is 3. The minimum Gasteiger partial charge on any atom is -0.365 e. The number of anilines is 1. The van der Waals surface area contributed by atoms with Crippen LogP contribution in [0.4, 0.5) is 23.4 Å². The Hall–Kier alpha value is -2.89. The molecule has 0 aliphatic rings. The second-order valence-corrected chi connectivity index (χ2v) is 7.53. The lowest BCUT2D eigenvalue weighted by Crippen LogP contribution is -2.28. The van der Waals surface area contributed by atoms with Crippen LogP contribution in [0.15, 0.2) is 60.8 Å². The Morgan fingerprint density at radius 2 is 1.43 bits per heavy atom. The largest absolute Gasteiger partial charge is 0.419 e. The summed E-state index contributed by atoms with van der Waals surface area (Å²) in [7, 11) is 0. The van der Waals surface area contributed by atoms with Crippen molar-refractivity contribution >= 4 is 5.82 Å². The van der Waals surface area contributed by atoms with E-state index in [0.29, 0.717) is 11.1 Å². The molecular weight excluding hydrogens is 368 g/mol. The minimum atomic E-state index is -4.62. The van der Waals surface area contributed by atoms with E-state index >= 15 is 4.39 Å². The van der Waals surface area contributed by atoms with Crippen molar-refractivity contribution in [2.75, 3.05) is 5.32 Å². The molecule has 0 radical (unpaired) electrons. The van der Waals surface area contributed by atoms with E-state index in [4.69, 9.17) is 0 Å². The van der Waals surface area contributed by atoms with Gasteiger partial charge in [-0.2, -0.15) is 13.2 Å². The highest BCUT2D eigenvalue weighted by molar-refractivity contribution is 5.75. The molecule has 1 heterocycles. The summed E-state index contributed by atoms with van der Waals surface area (Å²) < 4.78 is 55.9. The van der Waals surface area contributed by atoms with Gasteiger partial charge >= 0.3 is 6.18 Å². The summed E-state index contributed by atoms with van der Waals surface area (Å²) in [6, 6.07) is 14.5. The third-order valence-corrected chi connectivity index (χ3v) is 4.08. The number of halogens is 4. The topological polar surface area (TPSA) is 24.9 Å². The first-order valence-electron chi connectivity index (χ1n) is 8.76. The number of hydrogen-bond donors (Lipinski definition) is 1. The molecule has 0 aliphatic heterocycles. The number of pyridine rings is 1. The number of hydrogen-bond acceptors (Lipinski definition) is 2. The number of alkyl halides is 3. The van der Waals surface area contributed by atoms with E-state index in [2.05, 4.69) is 10.3 Å². The first-order valence-corrected chi connectivity index (χ1v) is 8.76. The second-order valence-electron chi connectivity index (χ2n) is 7.53. The molecule has 0 saturated carbocycles. The third-order valence-electron chi connectivity index (χ3n) is 4.08. The molecule has 146 valence electrons. The Morgan fingerprint density at radius 3 is 2.00 bits per heavy atom. The van der Waals surface area contributed by atoms with Crippen LogP contribution >= 0.6 is 0 Å². The van der Waals surface area contributed by atoms with Gasteiger partial charge in [-0.05, 0) is 32.4 Å². The van der Waals surface area contributed by atoms with Crippen LogP contribution in [0.5, 0.6) is 0 Å². The Bertz CT molecular complexity index is 974. The van der Waals surface area contributed by atoms with Crippen molar-refractivity contribution in [1.29, 1.82) is 0 Å². The summed E-state index contributed by atoms with van der Waals surface area (Å²) in [5.41, 5.74) is -0.416. The molecule has 2 aromatic carbocycles. The molecule has 0 aliphatic carbocycles. The van der Waals surface area contributed by atoms with Crippen molar-refractivity contribution in [2.45, 2.75) is 32.5 Å². The smallest absolute Gasteiger partial charge is 0.365 e. The maximum Gasteiger partial charge on any atom is 0.419 e. The van der Waals surface area contributed by atoms with Crippen LogP contribution < -0.4 is 5.32 Å². The molecule has 0 amide bonds. The molecule has 1 N–H and O–H groups in total. The minimum absolute atomic E-state index is 0.0710. The fourth-order valence-electron chi connectivity index (χ4n) is 2.88. The van der Waals surface area contributed by atoms with Gasteiger partial charge in [0.2, 0.25) is 0 Å². The van der Waals surface area contributed by atoms with Gasteiger partial charge in [-0.1, -0.05) is 48.5 Å². The van der Waals surface area contributed by atoms with Gasteiger partial charge in [0.05, 0.1) is 5.56 Å². The zero-order valence-electron chi connectivity index (χ0n) is 15.7. The maximum atomic E-state index is 15.1. The number of nitrogens with one attached hydrogen (secondary N) is 1. The zero-order valence-corrected chi connectivity index (χ0v) is 15.7. The molecule has 0 fully saturated rings. The van der Waals surface area contributed by atoms with Gasteiger partial charge in [0.25, 0.3) is 0 Å². The normalized spacial score (nSPS) is 12.1. The fraction of sp³-hybridized carbons (Fsp3) is 0.227. The molecule has 6 heteroatoms. The van der Waals surface area contributed by atoms with E-state index in [1.807, 2.05) is 6.07 Å². The Kier molecular flexibility index (Phi) is 5.15. The molecule has 2 nitrogen and oxygen atoms in total. The van der Waals surface area contributed by atoms with Gasteiger partial charge in [0, 0.05) is 28.4 Å². The van der Waals surface area contributed by atoms with Crippen LogP contribution in [0, 0.1) is 5.82 Å². The van der Waals surface area contributed by atoms with Gasteiger partial charge in [-0.15, -0.1) is 0 Å². The van der Waals surface area contributed by atoms with Gasteiger partial charge in [-0.3, -0.25) is 0 Å². The molecule has 0 atom stereocenters. The summed E-state index contributed by atoms with van der Waals surface area (Å²) in [4.78, 5) is 3.95. The lowest BCUT2D eigenvalue weighted by molar-refractivity contribution is -0.137. The highest BCUT2D eigenvalue weighted by atomic mass is 19.4. The molecular formula is C22H20F4N2. The Morgan fingerprint density at radius 1 is 0.821 bits per heavy atom. The van der Waals surface area contributed by atoms with Gasteiger partial charge in [-0.25, -0.2) is 9.37 Å². The van der Waals surface area contributed by atoms with Crippen LogP contribution in [0.3, 0.4) is 0 Å². The predicted octanol–water partition coefficient (Wildman–Crippen LogP) is 6.78. The van der Waals surface area contributed by atoms with Crippen molar-refractivity contribution in [2.24, 2.45) is 0 Å². The zero-order chi connectivity index (χ0) is 20.5. The monoisotopic (exact) mass is 388 g/mol. The van der Waals surface area contributed by atoms with E-state index in [1.165, 1.54) is 12.3 Å². The van der Waals surface area contributed by atoms with Gasteiger partial charge in [0.15, 0.2) is 0 Å². The maximum absolute atomic E-state index is 15.1. The van der Waals surface area contributed by atoms with Crippen molar-refractivity contribution < 1.29 is 17.6 Å². The van der Waals surface area contributed by atoms with E-state index in [1.54, 1.807) is 57.2 Å². The average molecular weight is 388 g/mol. The lowest BCUT2D eigenvalue weighted by Gasteiger charge is -2.24. The molecule has 0 bridgehead atoms. The van der Waals surface area contributed by atoms with Crippen LogP contribution in [-0.4, -0.2) is 10.5 Å². The third kappa shape index (κ3) is 4.32.